The van der Waals surface area contributed by atoms with Gasteiger partial charge in [-0.05, 0) is 53.6 Å². The van der Waals surface area contributed by atoms with Crippen molar-refractivity contribution in [3.63, 3.8) is 0 Å². The smallest absolute Gasteiger partial charge is 0.269 e. The second kappa shape index (κ2) is 13.4. The van der Waals surface area contributed by atoms with Crippen molar-refractivity contribution in [2.75, 3.05) is 11.4 Å². The maximum atomic E-state index is 12.9. The monoisotopic (exact) mass is 591 g/mol. The molecule has 12 heteroatoms. The average Bonchev–Trinajstić information content (AvgIpc) is 3.03. The number of nitro groups is 1. The highest BCUT2D eigenvalue weighted by atomic mass is 32.2. The number of nitrogens with zero attached hydrogens (tertiary/aromatic N) is 5. The first-order valence-corrected chi connectivity index (χ1v) is 14.1. The lowest BCUT2D eigenvalue weighted by Crippen LogP contribution is -2.24. The van der Waals surface area contributed by atoms with E-state index in [4.69, 9.17) is 6.42 Å². The summed E-state index contributed by atoms with van der Waals surface area (Å²) in [5.41, 5.74) is 3.05. The summed E-state index contributed by atoms with van der Waals surface area (Å²) < 4.78 is 0. The van der Waals surface area contributed by atoms with Gasteiger partial charge in [0.2, 0.25) is 0 Å². The molecule has 5 rings (SSSR count). The first kappa shape index (κ1) is 29.0. The molecule has 214 valence electrons. The number of amides is 1. The van der Waals surface area contributed by atoms with Crippen molar-refractivity contribution < 1.29 is 9.72 Å². The van der Waals surface area contributed by atoms with E-state index in [2.05, 4.69) is 31.2 Å². The minimum Gasteiger partial charge on any atom is -0.356 e. The molecule has 0 radical (unpaired) electrons. The molecule has 2 aromatic heterocycles. The van der Waals surface area contributed by atoms with Crippen LogP contribution >= 0.6 is 11.8 Å². The van der Waals surface area contributed by atoms with E-state index >= 15 is 0 Å². The number of non-ortho nitro benzene ring substituents is 1. The third-order valence-electron chi connectivity index (χ3n) is 6.42. The fourth-order valence-electron chi connectivity index (χ4n) is 4.35. The maximum Gasteiger partial charge on any atom is 0.269 e. The van der Waals surface area contributed by atoms with Crippen molar-refractivity contribution in [1.29, 1.82) is 0 Å². The van der Waals surface area contributed by atoms with Crippen molar-refractivity contribution in [3.8, 4) is 12.3 Å². The number of aromatic nitrogens is 4. The molecular formula is C31H25N7O4S. The van der Waals surface area contributed by atoms with E-state index in [-0.39, 0.29) is 23.7 Å². The Balaban J connectivity index is 1.25. The number of hydrogen-bond acceptors (Lipinski definition) is 9. The molecule has 0 unspecified atom stereocenters. The number of thioether (sulfide) groups is 1. The van der Waals surface area contributed by atoms with Crippen LogP contribution in [0.15, 0.2) is 95.1 Å². The number of benzene rings is 3. The summed E-state index contributed by atoms with van der Waals surface area (Å²) in [4.78, 5) is 53.8. The Labute approximate surface area is 250 Å². The van der Waals surface area contributed by atoms with Gasteiger partial charge in [0.25, 0.3) is 17.2 Å². The Kier molecular flexibility index (Phi) is 9.04. The first-order valence-electron chi connectivity index (χ1n) is 13.1. The van der Waals surface area contributed by atoms with Gasteiger partial charge in [0.1, 0.15) is 5.82 Å². The van der Waals surface area contributed by atoms with Gasteiger partial charge < -0.3 is 15.2 Å². The summed E-state index contributed by atoms with van der Waals surface area (Å²) in [6.07, 6.45) is 8.97. The van der Waals surface area contributed by atoms with Gasteiger partial charge in [0.05, 0.1) is 28.1 Å². The van der Waals surface area contributed by atoms with Crippen molar-refractivity contribution in [1.82, 2.24) is 25.3 Å². The predicted octanol–water partition coefficient (Wildman–Crippen LogP) is 4.48. The third kappa shape index (κ3) is 7.41. The number of hydrogen-bond donors (Lipinski definition) is 2. The summed E-state index contributed by atoms with van der Waals surface area (Å²) in [7, 11) is 0. The normalized spacial score (nSPS) is 10.7. The number of terminal acetylenes is 1. The Morgan fingerprint density at radius 1 is 1.05 bits per heavy atom. The van der Waals surface area contributed by atoms with Crippen LogP contribution in [0.2, 0.25) is 0 Å². The molecule has 0 aliphatic rings. The molecule has 11 nitrogen and oxygen atoms in total. The van der Waals surface area contributed by atoms with E-state index in [1.807, 2.05) is 17.0 Å². The average molecular weight is 592 g/mol. The number of carbonyl (C=O) groups is 1. The molecule has 5 aromatic rings. The zero-order chi connectivity index (χ0) is 30.2. The topological polar surface area (TPSA) is 147 Å². The third-order valence-corrected chi connectivity index (χ3v) is 7.31. The van der Waals surface area contributed by atoms with Crippen LogP contribution in [0, 0.1) is 22.5 Å². The van der Waals surface area contributed by atoms with Crippen molar-refractivity contribution in [2.24, 2.45) is 0 Å². The predicted molar refractivity (Wildman–Crippen MR) is 165 cm³/mol. The first-order chi connectivity index (χ1) is 20.9. The van der Waals surface area contributed by atoms with E-state index < -0.39 is 4.92 Å². The number of anilines is 1. The van der Waals surface area contributed by atoms with Crippen LogP contribution in [-0.4, -0.2) is 37.3 Å². The van der Waals surface area contributed by atoms with E-state index in [1.54, 1.807) is 60.9 Å². The van der Waals surface area contributed by atoms with Gasteiger partial charge >= 0.3 is 0 Å². The standard InChI is InChI=1S/C31H25N7O4S/c1-2-15-37(24-10-8-23(9-11-24)29(39)34-18-21-5-3-6-25(16-21)38(41)42)19-22-7-12-27-26(17-22)30(40)36-28(35-27)20-43-31-32-13-4-14-33-31/h1,3-14,16-17H,15,18-20H2,(H,34,39)(H,35,36,40). The van der Waals surface area contributed by atoms with Crippen LogP contribution in [0.5, 0.6) is 0 Å². The zero-order valence-electron chi connectivity index (χ0n) is 22.8. The number of aromatic amines is 1. The Morgan fingerprint density at radius 2 is 1.84 bits per heavy atom. The number of nitro benzene ring substituents is 1. The number of nitrogens with one attached hydrogen (secondary N) is 2. The SMILES string of the molecule is C#CCN(Cc1ccc2nc(CSc3ncccn3)[nH]c(=O)c2c1)c1ccc(C(=O)NCc2cccc([N+](=O)[O-])c2)cc1. The van der Waals surface area contributed by atoms with Gasteiger partial charge in [-0.1, -0.05) is 35.9 Å². The van der Waals surface area contributed by atoms with Gasteiger partial charge in [0, 0.05) is 48.9 Å². The molecule has 0 spiro atoms. The molecule has 43 heavy (non-hydrogen) atoms. The van der Waals surface area contributed by atoms with Crippen LogP contribution in [0.4, 0.5) is 11.4 Å². The van der Waals surface area contributed by atoms with Crippen LogP contribution in [0.3, 0.4) is 0 Å². The molecule has 2 N–H and O–H groups in total. The van der Waals surface area contributed by atoms with Gasteiger partial charge in [-0.3, -0.25) is 19.7 Å². The Bertz CT molecular complexity index is 1870. The lowest BCUT2D eigenvalue weighted by molar-refractivity contribution is -0.384. The highest BCUT2D eigenvalue weighted by molar-refractivity contribution is 7.98. The Morgan fingerprint density at radius 3 is 2.58 bits per heavy atom. The fraction of sp³-hybridized carbons (Fsp3) is 0.129. The molecular weight excluding hydrogens is 566 g/mol. The van der Waals surface area contributed by atoms with Gasteiger partial charge in [-0.15, -0.1) is 6.42 Å². The molecule has 2 heterocycles. The highest BCUT2D eigenvalue weighted by Gasteiger charge is 2.13. The summed E-state index contributed by atoms with van der Waals surface area (Å²) in [6, 6.07) is 20.4. The minimum atomic E-state index is -0.474. The van der Waals surface area contributed by atoms with Gasteiger partial charge in [0.15, 0.2) is 5.16 Å². The maximum absolute atomic E-state index is 12.9. The van der Waals surface area contributed by atoms with Crippen LogP contribution < -0.4 is 15.8 Å². The molecule has 0 saturated carbocycles. The van der Waals surface area contributed by atoms with Crippen LogP contribution in [0.25, 0.3) is 10.9 Å². The number of H-pyrrole nitrogens is 1. The molecule has 0 bridgehead atoms. The number of carbonyl (C=O) groups excluding carboxylic acids is 1. The molecule has 0 atom stereocenters. The fourth-order valence-corrected chi connectivity index (χ4v) is 5.02. The van der Waals surface area contributed by atoms with Crippen molar-refractivity contribution >= 4 is 39.9 Å². The minimum absolute atomic E-state index is 0.0322. The highest BCUT2D eigenvalue weighted by Crippen LogP contribution is 2.21. The van der Waals surface area contributed by atoms with Gasteiger partial charge in [-0.25, -0.2) is 15.0 Å². The molecule has 0 aliphatic heterocycles. The largest absolute Gasteiger partial charge is 0.356 e. The van der Waals surface area contributed by atoms with E-state index in [0.717, 1.165) is 11.3 Å². The summed E-state index contributed by atoms with van der Waals surface area (Å²) >= 11 is 1.38. The molecule has 0 fully saturated rings. The zero-order valence-corrected chi connectivity index (χ0v) is 23.6. The van der Waals surface area contributed by atoms with Crippen LogP contribution in [-0.2, 0) is 18.8 Å². The lowest BCUT2D eigenvalue weighted by Gasteiger charge is -2.23. The summed E-state index contributed by atoms with van der Waals surface area (Å²) in [5, 5.41) is 14.8. The van der Waals surface area contributed by atoms with E-state index in [9.17, 15) is 19.7 Å². The molecule has 0 aliphatic carbocycles. The molecule has 1 amide bonds. The summed E-state index contributed by atoms with van der Waals surface area (Å²) in [5.74, 6) is 3.32. The Hall–Kier alpha value is -5.54. The number of fused-ring (bicyclic) bond motifs is 1. The molecule has 0 saturated heterocycles. The van der Waals surface area contributed by atoms with Crippen LogP contribution in [0.1, 0.15) is 27.3 Å². The quantitative estimate of drug-likeness (QED) is 0.0746. The molecule has 3 aromatic carbocycles. The second-order valence-electron chi connectivity index (χ2n) is 9.40. The van der Waals surface area contributed by atoms with Crippen molar-refractivity contribution in [3.05, 3.63) is 128 Å². The lowest BCUT2D eigenvalue weighted by atomic mass is 10.1. The van der Waals surface area contributed by atoms with Crippen molar-refractivity contribution in [2.45, 2.75) is 24.0 Å². The van der Waals surface area contributed by atoms with Gasteiger partial charge in [-0.2, -0.15) is 0 Å². The van der Waals surface area contributed by atoms with E-state index in [1.165, 1.54) is 23.9 Å². The number of rotatable bonds is 11. The second-order valence-corrected chi connectivity index (χ2v) is 10.3. The van der Waals surface area contributed by atoms with E-state index in [0.29, 0.717) is 51.9 Å². The summed E-state index contributed by atoms with van der Waals surface area (Å²) in [6.45, 7) is 0.896.